The van der Waals surface area contributed by atoms with Crippen molar-refractivity contribution in [2.45, 2.75) is 20.0 Å². The van der Waals surface area contributed by atoms with E-state index in [-0.39, 0.29) is 0 Å². The highest BCUT2D eigenvalue weighted by Gasteiger charge is 2.02. The Balaban J connectivity index is 2.05. The number of hydrogen-bond acceptors (Lipinski definition) is 3. The maximum absolute atomic E-state index is 6.01. The lowest BCUT2D eigenvalue weighted by atomic mass is 10.4. The number of nitrogens with one attached hydrogen (secondary N) is 1. The molecule has 4 nitrogen and oxygen atoms in total. The summed E-state index contributed by atoms with van der Waals surface area (Å²) in [6.45, 7) is 3.65. The number of hydrogen-bond donors (Lipinski definition) is 1. The van der Waals surface area contributed by atoms with Crippen molar-refractivity contribution in [2.24, 2.45) is 0 Å². The van der Waals surface area contributed by atoms with E-state index < -0.39 is 0 Å². The average molecular weight is 237 g/mol. The van der Waals surface area contributed by atoms with Crippen molar-refractivity contribution in [1.29, 1.82) is 0 Å². The highest BCUT2D eigenvalue weighted by molar-refractivity contribution is 6.33. The van der Waals surface area contributed by atoms with Crippen LogP contribution in [0.1, 0.15) is 12.7 Å². The molecule has 0 atom stereocenters. The maximum atomic E-state index is 6.01. The van der Waals surface area contributed by atoms with Gasteiger partial charge in [-0.25, -0.2) is 4.98 Å². The lowest BCUT2D eigenvalue weighted by Crippen LogP contribution is -2.07. The van der Waals surface area contributed by atoms with Crippen LogP contribution in [0.3, 0.4) is 0 Å². The molecule has 0 radical (unpaired) electrons. The molecule has 0 aliphatic rings. The Bertz CT molecular complexity index is 467. The molecular weight excluding hydrogens is 224 g/mol. The molecule has 0 saturated heterocycles. The normalized spacial score (nSPS) is 10.4. The maximum Gasteiger partial charge on any atom is 0.128 e. The van der Waals surface area contributed by atoms with Gasteiger partial charge in [-0.1, -0.05) is 11.6 Å². The number of anilines is 1. The molecule has 0 aliphatic carbocycles. The van der Waals surface area contributed by atoms with E-state index in [9.17, 15) is 0 Å². The number of aromatic nitrogens is 3. The summed E-state index contributed by atoms with van der Waals surface area (Å²) >= 11 is 6.01. The summed E-state index contributed by atoms with van der Waals surface area (Å²) in [7, 11) is 0. The van der Waals surface area contributed by atoms with Gasteiger partial charge in [0.15, 0.2) is 0 Å². The van der Waals surface area contributed by atoms with Gasteiger partial charge in [0.05, 0.1) is 23.5 Å². The number of nitrogens with zero attached hydrogens (tertiary/aromatic N) is 3. The molecule has 1 N–H and O–H groups in total. The zero-order chi connectivity index (χ0) is 11.4. The second-order valence-electron chi connectivity index (χ2n) is 3.34. The first kappa shape index (κ1) is 11.0. The molecule has 0 saturated carbocycles. The Hall–Kier alpha value is -1.55. The summed E-state index contributed by atoms with van der Waals surface area (Å²) in [5.74, 6) is 0.988. The molecule has 16 heavy (non-hydrogen) atoms. The Morgan fingerprint density at radius 1 is 1.44 bits per heavy atom. The monoisotopic (exact) mass is 236 g/mol. The van der Waals surface area contributed by atoms with Crippen molar-refractivity contribution in [1.82, 2.24) is 14.5 Å². The van der Waals surface area contributed by atoms with Crippen molar-refractivity contribution in [3.05, 3.63) is 41.7 Å². The first-order valence-electron chi connectivity index (χ1n) is 5.14. The van der Waals surface area contributed by atoms with Gasteiger partial charge in [0, 0.05) is 25.1 Å². The number of aryl methyl sites for hydroxylation is 1. The lowest BCUT2D eigenvalue weighted by molar-refractivity contribution is 0.708. The average Bonchev–Trinajstić information content (AvgIpc) is 2.75. The zero-order valence-electron chi connectivity index (χ0n) is 9.02. The first-order valence-corrected chi connectivity index (χ1v) is 5.52. The van der Waals surface area contributed by atoms with Gasteiger partial charge in [0.2, 0.25) is 0 Å². The quantitative estimate of drug-likeness (QED) is 0.887. The highest BCUT2D eigenvalue weighted by atomic mass is 35.5. The van der Waals surface area contributed by atoms with Crippen LogP contribution in [-0.2, 0) is 13.1 Å². The molecule has 2 aromatic rings. The lowest BCUT2D eigenvalue weighted by Gasteiger charge is -2.08. The third kappa shape index (κ3) is 2.33. The van der Waals surface area contributed by atoms with Gasteiger partial charge in [-0.2, -0.15) is 0 Å². The van der Waals surface area contributed by atoms with Gasteiger partial charge in [-0.05, 0) is 13.0 Å². The summed E-state index contributed by atoms with van der Waals surface area (Å²) < 4.78 is 2.08. The molecule has 84 valence electrons. The molecule has 0 aliphatic heterocycles. The standard InChI is InChI=1S/C11H13ClN4/c1-2-16-6-5-14-11(16)8-15-10-7-13-4-3-9(10)12/h3-7,15H,2,8H2,1H3. The smallest absolute Gasteiger partial charge is 0.128 e. The predicted molar refractivity (Wildman–Crippen MR) is 64.5 cm³/mol. The van der Waals surface area contributed by atoms with E-state index in [0.717, 1.165) is 18.1 Å². The minimum atomic E-state index is 0.645. The summed E-state index contributed by atoms with van der Waals surface area (Å²) in [6, 6.07) is 1.76. The molecule has 0 unspecified atom stereocenters. The second kappa shape index (κ2) is 4.99. The molecule has 5 heteroatoms. The molecule has 0 fully saturated rings. The number of pyridine rings is 1. The Morgan fingerprint density at radius 3 is 3.06 bits per heavy atom. The number of imidazole rings is 1. The topological polar surface area (TPSA) is 42.7 Å². The Kier molecular flexibility index (Phi) is 3.41. The van der Waals surface area contributed by atoms with Crippen molar-refractivity contribution in [3.8, 4) is 0 Å². The minimum Gasteiger partial charge on any atom is -0.375 e. The van der Waals surface area contributed by atoms with Crippen LogP contribution < -0.4 is 5.32 Å². The Labute approximate surface area is 99.3 Å². The SMILES string of the molecule is CCn1ccnc1CNc1cnccc1Cl. The van der Waals surface area contributed by atoms with Crippen LogP contribution in [-0.4, -0.2) is 14.5 Å². The van der Waals surface area contributed by atoms with E-state index in [1.165, 1.54) is 0 Å². The first-order chi connectivity index (χ1) is 7.81. The van der Waals surface area contributed by atoms with Gasteiger partial charge in [-0.3, -0.25) is 4.98 Å². The van der Waals surface area contributed by atoms with Crippen LogP contribution in [0.4, 0.5) is 5.69 Å². The van der Waals surface area contributed by atoms with Crippen LogP contribution in [0, 0.1) is 0 Å². The van der Waals surface area contributed by atoms with Crippen LogP contribution >= 0.6 is 11.6 Å². The van der Waals surface area contributed by atoms with E-state index in [2.05, 4.69) is 26.8 Å². The number of halogens is 1. The summed E-state index contributed by atoms with van der Waals surface area (Å²) in [5.41, 5.74) is 0.829. The largest absolute Gasteiger partial charge is 0.375 e. The van der Waals surface area contributed by atoms with Crippen molar-refractivity contribution in [3.63, 3.8) is 0 Å². The van der Waals surface area contributed by atoms with Crippen molar-refractivity contribution >= 4 is 17.3 Å². The van der Waals surface area contributed by atoms with Crippen molar-refractivity contribution < 1.29 is 0 Å². The molecule has 0 spiro atoms. The Morgan fingerprint density at radius 2 is 2.31 bits per heavy atom. The zero-order valence-corrected chi connectivity index (χ0v) is 9.78. The molecule has 2 heterocycles. The predicted octanol–water partition coefficient (Wildman–Crippen LogP) is 2.56. The fourth-order valence-corrected chi connectivity index (χ4v) is 1.65. The van der Waals surface area contributed by atoms with E-state index >= 15 is 0 Å². The van der Waals surface area contributed by atoms with Crippen LogP contribution in [0.15, 0.2) is 30.9 Å². The molecule has 2 aromatic heterocycles. The van der Waals surface area contributed by atoms with Gasteiger partial charge < -0.3 is 9.88 Å². The molecular formula is C11H13ClN4. The molecule has 0 bridgehead atoms. The van der Waals surface area contributed by atoms with Gasteiger partial charge in [-0.15, -0.1) is 0 Å². The van der Waals surface area contributed by atoms with Crippen LogP contribution in [0.5, 0.6) is 0 Å². The van der Waals surface area contributed by atoms with Gasteiger partial charge in [0.1, 0.15) is 5.82 Å². The van der Waals surface area contributed by atoms with Crippen LogP contribution in [0.2, 0.25) is 5.02 Å². The van der Waals surface area contributed by atoms with E-state index in [4.69, 9.17) is 11.6 Å². The summed E-state index contributed by atoms with van der Waals surface area (Å²) in [5, 5.41) is 3.88. The fraction of sp³-hybridized carbons (Fsp3) is 0.273. The fourth-order valence-electron chi connectivity index (χ4n) is 1.48. The van der Waals surface area contributed by atoms with E-state index in [1.807, 2.05) is 6.20 Å². The van der Waals surface area contributed by atoms with Crippen LogP contribution in [0.25, 0.3) is 0 Å². The summed E-state index contributed by atoms with van der Waals surface area (Å²) in [6.07, 6.45) is 7.13. The number of rotatable bonds is 4. The minimum absolute atomic E-state index is 0.645. The van der Waals surface area contributed by atoms with E-state index in [1.54, 1.807) is 24.7 Å². The molecule has 0 aromatic carbocycles. The van der Waals surface area contributed by atoms with Gasteiger partial charge in [0.25, 0.3) is 0 Å². The van der Waals surface area contributed by atoms with Gasteiger partial charge >= 0.3 is 0 Å². The second-order valence-corrected chi connectivity index (χ2v) is 3.75. The summed E-state index contributed by atoms with van der Waals surface area (Å²) in [4.78, 5) is 8.28. The third-order valence-electron chi connectivity index (χ3n) is 2.35. The van der Waals surface area contributed by atoms with E-state index in [0.29, 0.717) is 11.6 Å². The molecule has 0 amide bonds. The highest BCUT2D eigenvalue weighted by Crippen LogP contribution is 2.19. The third-order valence-corrected chi connectivity index (χ3v) is 2.68. The van der Waals surface area contributed by atoms with Crippen molar-refractivity contribution in [2.75, 3.05) is 5.32 Å². The molecule has 2 rings (SSSR count).